The lowest BCUT2D eigenvalue weighted by Crippen LogP contribution is -2.50. The molecule has 0 bridgehead atoms. The molecule has 7 nitrogen and oxygen atoms in total. The van der Waals surface area contributed by atoms with Crippen molar-refractivity contribution in [2.45, 2.75) is 167 Å². The second-order valence-corrected chi connectivity index (χ2v) is 13.1. The molecule has 0 heterocycles. The van der Waals surface area contributed by atoms with Crippen molar-refractivity contribution in [1.29, 1.82) is 0 Å². The normalized spacial score (nSPS) is 14.7. The number of aliphatic hydroxyl groups is 2. The molecule has 42 heavy (non-hydrogen) atoms. The first-order valence-electron chi connectivity index (χ1n) is 16.8. The van der Waals surface area contributed by atoms with E-state index in [2.05, 4.69) is 43.5 Å². The van der Waals surface area contributed by atoms with Gasteiger partial charge in [-0.3, -0.25) is 9.35 Å². The van der Waals surface area contributed by atoms with Crippen LogP contribution in [0.4, 0.5) is 0 Å². The number of hydrogen-bond acceptors (Lipinski definition) is 5. The maximum Gasteiger partial charge on any atom is 0.267 e. The van der Waals surface area contributed by atoms with Crippen LogP contribution in [0, 0.1) is 0 Å². The predicted molar refractivity (Wildman–Crippen MR) is 176 cm³/mol. The third-order valence-corrected chi connectivity index (χ3v) is 8.19. The number of aliphatic hydroxyl groups excluding tert-OH is 2. The molecule has 0 aromatic rings. The number of carbonyl (C=O) groups excluding carboxylic acids is 1. The first-order valence-corrected chi connectivity index (χ1v) is 18.4. The summed E-state index contributed by atoms with van der Waals surface area (Å²) in [6, 6.07) is -1.25. The number of rotatable bonds is 29. The quantitative estimate of drug-likeness (QED) is 0.0385. The van der Waals surface area contributed by atoms with Crippen LogP contribution in [0.3, 0.4) is 0 Å². The minimum Gasteiger partial charge on any atom is -0.387 e. The first kappa shape index (κ1) is 40.5. The molecule has 4 N–H and O–H groups in total. The number of hydrogen-bond donors (Lipinski definition) is 4. The molecule has 0 aliphatic carbocycles. The lowest BCUT2D eigenvalue weighted by molar-refractivity contribution is -0.130. The molecule has 0 rings (SSSR count). The average molecular weight is 614 g/mol. The average Bonchev–Trinajstić information content (AvgIpc) is 2.94. The van der Waals surface area contributed by atoms with Crippen LogP contribution in [0.1, 0.15) is 149 Å². The number of allylic oxidation sites excluding steroid dienone is 5. The fraction of sp³-hybridized carbons (Fsp3) is 0.794. The Morgan fingerprint density at radius 1 is 0.643 bits per heavy atom. The van der Waals surface area contributed by atoms with E-state index in [-0.39, 0.29) is 6.42 Å². The van der Waals surface area contributed by atoms with Crippen molar-refractivity contribution in [3.8, 4) is 0 Å². The van der Waals surface area contributed by atoms with E-state index in [1.807, 2.05) is 0 Å². The van der Waals surface area contributed by atoms with Crippen LogP contribution in [0.25, 0.3) is 0 Å². The molecule has 0 aliphatic rings. The topological polar surface area (TPSA) is 124 Å². The van der Waals surface area contributed by atoms with Crippen molar-refractivity contribution in [2.75, 3.05) is 5.75 Å². The predicted octanol–water partition coefficient (Wildman–Crippen LogP) is 7.98. The highest BCUT2D eigenvalue weighted by Gasteiger charge is 2.27. The van der Waals surface area contributed by atoms with E-state index in [4.69, 9.17) is 0 Å². The molecule has 3 unspecified atom stereocenters. The van der Waals surface area contributed by atoms with Crippen molar-refractivity contribution in [2.24, 2.45) is 0 Å². The van der Waals surface area contributed by atoms with Gasteiger partial charge in [0.1, 0.15) is 6.10 Å². The molecule has 0 saturated heterocycles. The van der Waals surface area contributed by atoms with Crippen LogP contribution in [0.15, 0.2) is 36.5 Å². The van der Waals surface area contributed by atoms with E-state index in [0.717, 1.165) is 44.9 Å². The molecule has 0 aliphatic heterocycles. The lowest BCUT2D eigenvalue weighted by atomic mass is 10.0. The van der Waals surface area contributed by atoms with Crippen molar-refractivity contribution in [3.05, 3.63) is 36.5 Å². The molecule has 0 fully saturated rings. The minimum absolute atomic E-state index is 0.272. The number of nitrogens with one attached hydrogen (secondary N) is 1. The van der Waals surface area contributed by atoms with Crippen LogP contribution in [-0.4, -0.2) is 53.1 Å². The van der Waals surface area contributed by atoms with Gasteiger partial charge in [-0.05, 0) is 44.9 Å². The highest BCUT2D eigenvalue weighted by molar-refractivity contribution is 7.85. The summed E-state index contributed by atoms with van der Waals surface area (Å²) in [6.45, 7) is 4.44. The summed E-state index contributed by atoms with van der Waals surface area (Å²) < 4.78 is 32.3. The van der Waals surface area contributed by atoms with Crippen molar-refractivity contribution >= 4 is 16.0 Å². The largest absolute Gasteiger partial charge is 0.387 e. The minimum atomic E-state index is -4.44. The molecule has 0 spiro atoms. The number of unbranched alkanes of at least 4 members (excludes halogenated alkanes) is 16. The molecule has 246 valence electrons. The van der Waals surface area contributed by atoms with Crippen LogP contribution in [0.5, 0.6) is 0 Å². The molecule has 1 amide bonds. The Morgan fingerprint density at radius 2 is 1.07 bits per heavy atom. The van der Waals surface area contributed by atoms with Crippen molar-refractivity contribution in [3.63, 3.8) is 0 Å². The van der Waals surface area contributed by atoms with Gasteiger partial charge in [-0.15, -0.1) is 0 Å². The fourth-order valence-corrected chi connectivity index (χ4v) is 5.51. The monoisotopic (exact) mass is 613 g/mol. The zero-order valence-electron chi connectivity index (χ0n) is 26.7. The Balaban J connectivity index is 4.29. The molecule has 8 heteroatoms. The summed E-state index contributed by atoms with van der Waals surface area (Å²) in [5, 5.41) is 23.1. The van der Waals surface area contributed by atoms with Crippen LogP contribution in [0.2, 0.25) is 0 Å². The smallest absolute Gasteiger partial charge is 0.267 e. The summed E-state index contributed by atoms with van der Waals surface area (Å²) in [7, 11) is -4.44. The number of amides is 1. The molecule has 3 atom stereocenters. The van der Waals surface area contributed by atoms with Crippen LogP contribution >= 0.6 is 0 Å². The van der Waals surface area contributed by atoms with Crippen molar-refractivity contribution in [1.82, 2.24) is 5.32 Å². The Hall–Kier alpha value is -1.48. The van der Waals surface area contributed by atoms with Gasteiger partial charge in [0.2, 0.25) is 5.91 Å². The molecule has 0 saturated carbocycles. The van der Waals surface area contributed by atoms with Gasteiger partial charge >= 0.3 is 0 Å². The van der Waals surface area contributed by atoms with Crippen LogP contribution in [-0.2, 0) is 14.9 Å². The first-order chi connectivity index (χ1) is 20.2. The van der Waals surface area contributed by atoms with E-state index in [1.165, 1.54) is 76.7 Å². The second-order valence-electron chi connectivity index (χ2n) is 11.6. The van der Waals surface area contributed by atoms with E-state index < -0.39 is 40.0 Å². The standard InChI is InChI=1S/C34H63NO6S/c1-3-5-7-9-11-13-15-16-17-18-19-21-22-24-26-28-32(36)31(30-42(39,40)41)35-34(38)33(37)29-27-25-23-20-14-12-10-8-6-4-2/h15-16,19,21,26,28,31-33,36-37H,3-14,17-18,20,22-25,27,29-30H2,1-2H3,(H,35,38)(H,39,40,41)/b16-15+,21-19+,28-26+. The third kappa shape index (κ3) is 27.4. The number of carbonyl (C=O) groups is 1. The van der Waals surface area contributed by atoms with Gasteiger partial charge in [0.15, 0.2) is 0 Å². The van der Waals surface area contributed by atoms with E-state index in [0.29, 0.717) is 12.8 Å². The highest BCUT2D eigenvalue weighted by Crippen LogP contribution is 2.13. The van der Waals surface area contributed by atoms with Gasteiger partial charge in [-0.1, -0.05) is 140 Å². The SMILES string of the molecule is CCCCCCC/C=C/CC/C=C/CC/C=C/C(O)C(CS(=O)(=O)O)NC(=O)C(O)CCCCCCCCCCCC. The molecule has 0 aromatic heterocycles. The zero-order chi connectivity index (χ0) is 31.3. The maximum absolute atomic E-state index is 12.5. The zero-order valence-corrected chi connectivity index (χ0v) is 27.5. The van der Waals surface area contributed by atoms with Gasteiger partial charge in [0.25, 0.3) is 10.1 Å². The summed E-state index contributed by atoms with van der Waals surface area (Å²) in [4.78, 5) is 12.5. The fourth-order valence-electron chi connectivity index (χ4n) is 4.78. The molecule has 0 radical (unpaired) electrons. The maximum atomic E-state index is 12.5. The third-order valence-electron chi connectivity index (χ3n) is 7.40. The molecule has 0 aromatic carbocycles. The Kier molecular flexibility index (Phi) is 27.3. The van der Waals surface area contributed by atoms with E-state index in [9.17, 15) is 28.0 Å². The van der Waals surface area contributed by atoms with Gasteiger partial charge in [-0.25, -0.2) is 0 Å². The Bertz CT molecular complexity index is 824. The molecular weight excluding hydrogens is 550 g/mol. The Morgan fingerprint density at radius 3 is 1.57 bits per heavy atom. The summed E-state index contributed by atoms with van der Waals surface area (Å²) >= 11 is 0. The van der Waals surface area contributed by atoms with Gasteiger partial charge in [0.05, 0.1) is 17.9 Å². The Labute approximate surface area is 258 Å². The summed E-state index contributed by atoms with van der Waals surface area (Å²) in [5.74, 6) is -1.57. The second kappa shape index (κ2) is 28.3. The summed E-state index contributed by atoms with van der Waals surface area (Å²) in [6.07, 6.45) is 32.0. The highest BCUT2D eigenvalue weighted by atomic mass is 32.2. The van der Waals surface area contributed by atoms with E-state index in [1.54, 1.807) is 6.08 Å². The van der Waals surface area contributed by atoms with E-state index >= 15 is 0 Å². The van der Waals surface area contributed by atoms with Gasteiger partial charge < -0.3 is 15.5 Å². The lowest BCUT2D eigenvalue weighted by Gasteiger charge is -2.22. The van der Waals surface area contributed by atoms with Crippen LogP contribution < -0.4 is 5.32 Å². The summed E-state index contributed by atoms with van der Waals surface area (Å²) in [5.41, 5.74) is 0. The van der Waals surface area contributed by atoms with Gasteiger partial charge in [-0.2, -0.15) is 8.42 Å². The molecular formula is C34H63NO6S. The van der Waals surface area contributed by atoms with Crippen molar-refractivity contribution < 1.29 is 28.0 Å². The van der Waals surface area contributed by atoms with Gasteiger partial charge in [0, 0.05) is 0 Å².